The van der Waals surface area contributed by atoms with Crippen LogP contribution < -0.4 is 0 Å². The molecule has 1 aliphatic heterocycles. The Morgan fingerprint density at radius 3 is 2.87 bits per heavy atom. The normalized spacial score (nSPS) is 30.3. The zero-order valence-corrected chi connectivity index (χ0v) is 13.4. The molecule has 0 radical (unpaired) electrons. The van der Waals surface area contributed by atoms with Crippen molar-refractivity contribution in [3.8, 4) is 0 Å². The minimum absolute atomic E-state index is 0.0594. The fraction of sp³-hybridized carbons (Fsp3) is 0.611. The summed E-state index contributed by atoms with van der Waals surface area (Å²) in [6.45, 7) is 3.16. The van der Waals surface area contributed by atoms with E-state index in [0.29, 0.717) is 25.4 Å². The van der Waals surface area contributed by atoms with E-state index < -0.39 is 17.2 Å². The van der Waals surface area contributed by atoms with Crippen molar-refractivity contribution in [3.63, 3.8) is 0 Å². The van der Waals surface area contributed by atoms with Gasteiger partial charge in [0.25, 0.3) is 0 Å². The molecule has 1 heterocycles. The van der Waals surface area contributed by atoms with Crippen LogP contribution in [0.2, 0.25) is 0 Å². The van der Waals surface area contributed by atoms with Crippen molar-refractivity contribution >= 4 is 5.91 Å². The minimum atomic E-state index is -0.681. The van der Waals surface area contributed by atoms with E-state index in [1.165, 1.54) is 12.1 Å². The first-order chi connectivity index (χ1) is 10.9. The van der Waals surface area contributed by atoms with E-state index in [0.717, 1.165) is 25.3 Å². The van der Waals surface area contributed by atoms with Gasteiger partial charge in [-0.25, -0.2) is 8.78 Å². The van der Waals surface area contributed by atoms with Gasteiger partial charge in [-0.05, 0) is 36.8 Å². The first-order valence-electron chi connectivity index (χ1n) is 8.37. The molecule has 0 unspecified atom stereocenters. The smallest absolute Gasteiger partial charge is 0.227 e. The van der Waals surface area contributed by atoms with Crippen LogP contribution in [0.15, 0.2) is 18.2 Å². The number of fused-ring (bicyclic) bond motifs is 1. The van der Waals surface area contributed by atoms with Gasteiger partial charge in [0.2, 0.25) is 5.91 Å². The van der Waals surface area contributed by atoms with E-state index in [1.54, 1.807) is 4.90 Å². The van der Waals surface area contributed by atoms with E-state index in [2.05, 4.69) is 0 Å². The van der Waals surface area contributed by atoms with Crippen molar-refractivity contribution < 1.29 is 18.7 Å². The van der Waals surface area contributed by atoms with Gasteiger partial charge in [-0.2, -0.15) is 0 Å². The molecule has 1 saturated carbocycles. The summed E-state index contributed by atoms with van der Waals surface area (Å²) < 4.78 is 26.7. The maximum Gasteiger partial charge on any atom is 0.227 e. The van der Waals surface area contributed by atoms with Gasteiger partial charge in [0.1, 0.15) is 11.6 Å². The molecule has 1 saturated heterocycles. The highest BCUT2D eigenvalue weighted by atomic mass is 19.1. The van der Waals surface area contributed by atoms with Gasteiger partial charge in [-0.1, -0.05) is 19.4 Å². The molecule has 2 aliphatic rings. The van der Waals surface area contributed by atoms with Crippen LogP contribution in [-0.4, -0.2) is 34.6 Å². The fourth-order valence-electron chi connectivity index (χ4n) is 4.21. The lowest BCUT2D eigenvalue weighted by Gasteiger charge is -2.40. The number of benzene rings is 1. The molecule has 1 amide bonds. The average molecular weight is 323 g/mol. The van der Waals surface area contributed by atoms with Crippen LogP contribution in [0.1, 0.15) is 38.2 Å². The van der Waals surface area contributed by atoms with Gasteiger partial charge >= 0.3 is 0 Å². The Hall–Kier alpha value is -1.49. The third-order valence-corrected chi connectivity index (χ3v) is 5.64. The molecule has 3 rings (SSSR count). The van der Waals surface area contributed by atoms with Gasteiger partial charge in [0.15, 0.2) is 0 Å². The summed E-state index contributed by atoms with van der Waals surface area (Å²) in [6.07, 6.45) is 3.44. The standard InChI is InChI=1S/C18H23F2NO2/c1-2-18(23)7-3-4-13-10-21(11-15(13)18)17(22)8-12-5-6-14(19)9-16(12)20/h5-6,9,13,15,23H,2-4,7-8,10-11H2,1H3/t13-,15+,18-/m0/s1. The van der Waals surface area contributed by atoms with Gasteiger partial charge in [0, 0.05) is 25.1 Å². The molecule has 1 aromatic carbocycles. The fourth-order valence-corrected chi connectivity index (χ4v) is 4.21. The van der Waals surface area contributed by atoms with Crippen LogP contribution in [0.5, 0.6) is 0 Å². The molecule has 126 valence electrons. The average Bonchev–Trinajstić information content (AvgIpc) is 2.96. The number of rotatable bonds is 3. The molecule has 1 aromatic rings. The van der Waals surface area contributed by atoms with Crippen molar-refractivity contribution in [2.75, 3.05) is 13.1 Å². The molecule has 0 aromatic heterocycles. The van der Waals surface area contributed by atoms with Crippen molar-refractivity contribution in [1.82, 2.24) is 4.90 Å². The number of aliphatic hydroxyl groups is 1. The molecule has 5 heteroatoms. The molecule has 0 bridgehead atoms. The second kappa shape index (κ2) is 6.19. The summed E-state index contributed by atoms with van der Waals surface area (Å²) >= 11 is 0. The molecule has 23 heavy (non-hydrogen) atoms. The van der Waals surface area contributed by atoms with Crippen LogP contribution in [-0.2, 0) is 11.2 Å². The number of halogens is 2. The summed E-state index contributed by atoms with van der Waals surface area (Å²) in [5, 5.41) is 10.8. The summed E-state index contributed by atoms with van der Waals surface area (Å²) in [5.41, 5.74) is -0.462. The van der Waals surface area contributed by atoms with E-state index in [4.69, 9.17) is 0 Å². The molecule has 1 aliphatic carbocycles. The van der Waals surface area contributed by atoms with Crippen LogP contribution >= 0.6 is 0 Å². The molecule has 3 nitrogen and oxygen atoms in total. The highest BCUT2D eigenvalue weighted by Gasteiger charge is 2.48. The zero-order valence-electron chi connectivity index (χ0n) is 13.4. The molecular formula is C18H23F2NO2. The number of hydrogen-bond acceptors (Lipinski definition) is 2. The third kappa shape index (κ3) is 3.11. The van der Waals surface area contributed by atoms with Crippen LogP contribution in [0, 0.1) is 23.5 Å². The Bertz CT molecular complexity index is 607. The summed E-state index contributed by atoms with van der Waals surface area (Å²) in [4.78, 5) is 14.2. The van der Waals surface area contributed by atoms with E-state index in [1.807, 2.05) is 6.92 Å². The quantitative estimate of drug-likeness (QED) is 0.929. The molecule has 3 atom stereocenters. The predicted molar refractivity (Wildman–Crippen MR) is 82.7 cm³/mol. The Balaban J connectivity index is 1.70. The molecule has 0 spiro atoms. The SMILES string of the molecule is CC[C@]1(O)CCC[C@H]2CN(C(=O)Cc3ccc(F)cc3F)C[C@H]21. The van der Waals surface area contributed by atoms with Crippen molar-refractivity contribution in [2.24, 2.45) is 11.8 Å². The monoisotopic (exact) mass is 323 g/mol. The van der Waals surface area contributed by atoms with E-state index in [9.17, 15) is 18.7 Å². The summed E-state index contributed by atoms with van der Waals surface area (Å²) in [7, 11) is 0. The van der Waals surface area contributed by atoms with Crippen molar-refractivity contribution in [3.05, 3.63) is 35.4 Å². The largest absolute Gasteiger partial charge is 0.390 e. The number of nitrogens with zero attached hydrogens (tertiary/aromatic N) is 1. The highest BCUT2D eigenvalue weighted by molar-refractivity contribution is 5.79. The maximum absolute atomic E-state index is 13.7. The number of likely N-dealkylation sites (tertiary alicyclic amines) is 1. The van der Waals surface area contributed by atoms with Gasteiger partial charge in [-0.3, -0.25) is 4.79 Å². The lowest BCUT2D eigenvalue weighted by molar-refractivity contribution is -0.130. The molecule has 1 N–H and O–H groups in total. The predicted octanol–water partition coefficient (Wildman–Crippen LogP) is 2.91. The van der Waals surface area contributed by atoms with E-state index in [-0.39, 0.29) is 23.8 Å². The lowest BCUT2D eigenvalue weighted by atomic mass is 9.69. The zero-order chi connectivity index (χ0) is 16.6. The summed E-state index contributed by atoms with van der Waals surface area (Å²) in [6, 6.07) is 3.31. The summed E-state index contributed by atoms with van der Waals surface area (Å²) in [5.74, 6) is -1.03. The topological polar surface area (TPSA) is 40.5 Å². The number of amides is 1. The number of hydrogen-bond donors (Lipinski definition) is 1. The number of carbonyl (C=O) groups excluding carboxylic acids is 1. The van der Waals surface area contributed by atoms with Crippen LogP contribution in [0.25, 0.3) is 0 Å². The van der Waals surface area contributed by atoms with Crippen molar-refractivity contribution in [2.45, 2.75) is 44.6 Å². The minimum Gasteiger partial charge on any atom is -0.390 e. The Labute approximate surface area is 135 Å². The second-order valence-corrected chi connectivity index (χ2v) is 6.93. The van der Waals surface area contributed by atoms with Gasteiger partial charge < -0.3 is 10.0 Å². The Kier molecular flexibility index (Phi) is 4.41. The first-order valence-corrected chi connectivity index (χ1v) is 8.37. The van der Waals surface area contributed by atoms with Crippen LogP contribution in [0.4, 0.5) is 8.78 Å². The lowest BCUT2D eigenvalue weighted by Crippen LogP contribution is -2.44. The Morgan fingerprint density at radius 2 is 2.17 bits per heavy atom. The third-order valence-electron chi connectivity index (χ3n) is 5.64. The van der Waals surface area contributed by atoms with E-state index >= 15 is 0 Å². The molecule has 2 fully saturated rings. The van der Waals surface area contributed by atoms with Gasteiger partial charge in [0.05, 0.1) is 12.0 Å². The highest BCUT2D eigenvalue weighted by Crippen LogP contribution is 2.44. The number of carbonyl (C=O) groups is 1. The second-order valence-electron chi connectivity index (χ2n) is 6.93. The van der Waals surface area contributed by atoms with Gasteiger partial charge in [-0.15, -0.1) is 0 Å². The molecular weight excluding hydrogens is 300 g/mol. The van der Waals surface area contributed by atoms with Crippen molar-refractivity contribution in [1.29, 1.82) is 0 Å². The van der Waals surface area contributed by atoms with Crippen LogP contribution in [0.3, 0.4) is 0 Å². The first kappa shape index (κ1) is 16.4. The Morgan fingerprint density at radius 1 is 1.39 bits per heavy atom. The maximum atomic E-state index is 13.7.